The number of nitrogens with one attached hydrogen (secondary N) is 1. The summed E-state index contributed by atoms with van der Waals surface area (Å²) in [6.07, 6.45) is 0.374. The van der Waals surface area contributed by atoms with Gasteiger partial charge >= 0.3 is 0 Å². The fraction of sp³-hybridized carbons (Fsp3) is 0.310. The number of ether oxygens (including phenoxy) is 1. The van der Waals surface area contributed by atoms with E-state index in [0.717, 1.165) is 16.7 Å². The van der Waals surface area contributed by atoms with Crippen LogP contribution in [0.3, 0.4) is 0 Å². The summed E-state index contributed by atoms with van der Waals surface area (Å²) in [5.41, 5.74) is 2.95. The molecule has 0 fully saturated rings. The number of carbonyl (C=O) groups excluding carboxylic acids is 2. The molecule has 3 rings (SSSR count). The quantitative estimate of drug-likeness (QED) is 0.427. The first kappa shape index (κ1) is 25.9. The minimum absolute atomic E-state index is 0.203. The summed E-state index contributed by atoms with van der Waals surface area (Å²) >= 11 is 0. The van der Waals surface area contributed by atoms with Crippen molar-refractivity contribution in [3.8, 4) is 5.75 Å². The van der Waals surface area contributed by atoms with Crippen molar-refractivity contribution < 1.29 is 18.7 Å². The third-order valence-corrected chi connectivity index (χ3v) is 5.73. The SMILES string of the molecule is Cc1ccccc1CN(C(=O)COc1ccc(F)cc1)C(Cc1ccccc1)C(=O)NCC(C)C. The van der Waals surface area contributed by atoms with Crippen LogP contribution in [0.4, 0.5) is 4.39 Å². The molecule has 3 aromatic carbocycles. The van der Waals surface area contributed by atoms with Crippen LogP contribution in [0.1, 0.15) is 30.5 Å². The monoisotopic (exact) mass is 476 g/mol. The zero-order chi connectivity index (χ0) is 25.2. The molecule has 1 unspecified atom stereocenters. The lowest BCUT2D eigenvalue weighted by Crippen LogP contribution is -2.52. The third-order valence-electron chi connectivity index (χ3n) is 5.73. The average Bonchev–Trinajstić information content (AvgIpc) is 2.85. The molecule has 0 aromatic heterocycles. The molecule has 0 aliphatic rings. The standard InChI is InChI=1S/C29H33FN2O3/c1-21(2)18-31-29(34)27(17-23-10-5-4-6-11-23)32(19-24-12-8-7-9-22(24)3)28(33)20-35-26-15-13-25(30)14-16-26/h4-16,21,27H,17-20H2,1-3H3,(H,31,34). The summed E-state index contributed by atoms with van der Waals surface area (Å²) in [6.45, 7) is 6.56. The van der Waals surface area contributed by atoms with Gasteiger partial charge in [0.1, 0.15) is 17.6 Å². The fourth-order valence-electron chi connectivity index (χ4n) is 3.71. The molecule has 0 heterocycles. The van der Waals surface area contributed by atoms with Gasteiger partial charge in [-0.1, -0.05) is 68.4 Å². The lowest BCUT2D eigenvalue weighted by atomic mass is 10.0. The molecular formula is C29H33FN2O3. The number of hydrogen-bond acceptors (Lipinski definition) is 3. The highest BCUT2D eigenvalue weighted by molar-refractivity contribution is 5.88. The highest BCUT2D eigenvalue weighted by atomic mass is 19.1. The molecule has 0 saturated heterocycles. The average molecular weight is 477 g/mol. The molecule has 3 aromatic rings. The van der Waals surface area contributed by atoms with Crippen LogP contribution in [0, 0.1) is 18.7 Å². The van der Waals surface area contributed by atoms with Crippen molar-refractivity contribution >= 4 is 11.8 Å². The summed E-state index contributed by atoms with van der Waals surface area (Å²) in [5, 5.41) is 3.00. The molecule has 0 saturated carbocycles. The Labute approximate surface area is 206 Å². The van der Waals surface area contributed by atoms with Crippen molar-refractivity contribution in [2.24, 2.45) is 5.92 Å². The zero-order valence-corrected chi connectivity index (χ0v) is 20.5. The highest BCUT2D eigenvalue weighted by Gasteiger charge is 2.31. The van der Waals surface area contributed by atoms with Crippen molar-refractivity contribution in [2.75, 3.05) is 13.2 Å². The molecule has 0 radical (unpaired) electrons. The number of amides is 2. The van der Waals surface area contributed by atoms with Crippen molar-refractivity contribution in [3.63, 3.8) is 0 Å². The number of aryl methyl sites for hydroxylation is 1. The Morgan fingerprint density at radius 1 is 0.943 bits per heavy atom. The lowest BCUT2D eigenvalue weighted by molar-refractivity contribution is -0.142. The predicted molar refractivity (Wildman–Crippen MR) is 135 cm³/mol. The first-order valence-electron chi connectivity index (χ1n) is 11.9. The zero-order valence-electron chi connectivity index (χ0n) is 20.5. The second kappa shape index (κ2) is 12.7. The minimum atomic E-state index is -0.722. The van der Waals surface area contributed by atoms with Crippen molar-refractivity contribution in [2.45, 2.75) is 39.8 Å². The van der Waals surface area contributed by atoms with E-state index in [4.69, 9.17) is 4.74 Å². The van der Waals surface area contributed by atoms with E-state index < -0.39 is 6.04 Å². The van der Waals surface area contributed by atoms with E-state index in [2.05, 4.69) is 5.32 Å². The van der Waals surface area contributed by atoms with E-state index in [1.807, 2.05) is 75.4 Å². The molecule has 5 nitrogen and oxygen atoms in total. The van der Waals surface area contributed by atoms with Gasteiger partial charge < -0.3 is 15.0 Å². The van der Waals surface area contributed by atoms with Gasteiger partial charge in [0.15, 0.2) is 6.61 Å². The molecule has 0 spiro atoms. The van der Waals surface area contributed by atoms with Crippen molar-refractivity contribution in [1.82, 2.24) is 10.2 Å². The normalized spacial score (nSPS) is 11.7. The van der Waals surface area contributed by atoms with Crippen LogP contribution in [0.5, 0.6) is 5.75 Å². The number of halogens is 1. The van der Waals surface area contributed by atoms with E-state index in [9.17, 15) is 14.0 Å². The Hall–Kier alpha value is -3.67. The maximum Gasteiger partial charge on any atom is 0.261 e. The Balaban J connectivity index is 1.90. The van der Waals surface area contributed by atoms with E-state index in [-0.39, 0.29) is 36.7 Å². The van der Waals surface area contributed by atoms with Gasteiger partial charge in [-0.25, -0.2) is 4.39 Å². The molecule has 2 amide bonds. The lowest BCUT2D eigenvalue weighted by Gasteiger charge is -2.32. The summed E-state index contributed by atoms with van der Waals surface area (Å²) in [6, 6.07) is 22.3. The minimum Gasteiger partial charge on any atom is -0.484 e. The molecule has 6 heteroatoms. The number of rotatable bonds is 11. The molecule has 184 valence electrons. The summed E-state index contributed by atoms with van der Waals surface area (Å²) in [5.74, 6) is -0.239. The van der Waals surface area contributed by atoms with Crippen LogP contribution in [0.2, 0.25) is 0 Å². The number of nitrogens with zero attached hydrogens (tertiary/aromatic N) is 1. The Morgan fingerprint density at radius 2 is 1.60 bits per heavy atom. The van der Waals surface area contributed by atoms with Crippen LogP contribution in [0.25, 0.3) is 0 Å². The van der Waals surface area contributed by atoms with Crippen LogP contribution in [0.15, 0.2) is 78.9 Å². The van der Waals surface area contributed by atoms with Gasteiger partial charge in [-0.15, -0.1) is 0 Å². The van der Waals surface area contributed by atoms with Gasteiger partial charge in [0.2, 0.25) is 5.91 Å². The van der Waals surface area contributed by atoms with Gasteiger partial charge in [-0.2, -0.15) is 0 Å². The van der Waals surface area contributed by atoms with Gasteiger partial charge in [0, 0.05) is 19.5 Å². The van der Waals surface area contributed by atoms with Gasteiger partial charge in [0.05, 0.1) is 0 Å². The van der Waals surface area contributed by atoms with Gasteiger partial charge in [0.25, 0.3) is 5.91 Å². The van der Waals surface area contributed by atoms with Crippen LogP contribution >= 0.6 is 0 Å². The fourth-order valence-corrected chi connectivity index (χ4v) is 3.71. The number of benzene rings is 3. The Kier molecular flexibility index (Phi) is 9.41. The van der Waals surface area contributed by atoms with Crippen LogP contribution in [-0.2, 0) is 22.6 Å². The van der Waals surface area contributed by atoms with E-state index in [0.29, 0.717) is 18.7 Å². The summed E-state index contributed by atoms with van der Waals surface area (Å²) in [7, 11) is 0. The molecule has 1 N–H and O–H groups in total. The smallest absolute Gasteiger partial charge is 0.261 e. The van der Waals surface area contributed by atoms with E-state index >= 15 is 0 Å². The second-order valence-corrected chi connectivity index (χ2v) is 9.04. The first-order chi connectivity index (χ1) is 16.8. The number of hydrogen-bond donors (Lipinski definition) is 1. The van der Waals surface area contributed by atoms with E-state index in [1.165, 1.54) is 24.3 Å². The Bertz CT molecular complexity index is 1100. The predicted octanol–water partition coefficient (Wildman–Crippen LogP) is 4.93. The van der Waals surface area contributed by atoms with Crippen LogP contribution < -0.4 is 10.1 Å². The van der Waals surface area contributed by atoms with E-state index in [1.54, 1.807) is 4.90 Å². The van der Waals surface area contributed by atoms with Crippen molar-refractivity contribution in [3.05, 3.63) is 101 Å². The molecule has 0 bridgehead atoms. The van der Waals surface area contributed by atoms with Crippen LogP contribution in [-0.4, -0.2) is 35.9 Å². The second-order valence-electron chi connectivity index (χ2n) is 9.04. The Morgan fingerprint density at radius 3 is 2.26 bits per heavy atom. The number of carbonyl (C=O) groups is 2. The van der Waals surface area contributed by atoms with Crippen molar-refractivity contribution in [1.29, 1.82) is 0 Å². The first-order valence-corrected chi connectivity index (χ1v) is 11.9. The topological polar surface area (TPSA) is 58.6 Å². The third kappa shape index (κ3) is 7.95. The maximum absolute atomic E-state index is 13.5. The maximum atomic E-state index is 13.5. The highest BCUT2D eigenvalue weighted by Crippen LogP contribution is 2.18. The molecule has 1 atom stereocenters. The molecule has 0 aliphatic carbocycles. The largest absolute Gasteiger partial charge is 0.484 e. The summed E-state index contributed by atoms with van der Waals surface area (Å²) in [4.78, 5) is 28.5. The molecule has 0 aliphatic heterocycles. The summed E-state index contributed by atoms with van der Waals surface area (Å²) < 4.78 is 18.9. The molecular weight excluding hydrogens is 443 g/mol. The van der Waals surface area contributed by atoms with Gasteiger partial charge in [-0.05, 0) is 53.8 Å². The van der Waals surface area contributed by atoms with Gasteiger partial charge in [-0.3, -0.25) is 9.59 Å². The molecule has 35 heavy (non-hydrogen) atoms.